The van der Waals surface area contributed by atoms with Gasteiger partial charge >= 0.3 is 109 Å². The Morgan fingerprint density at radius 1 is 0.824 bits per heavy atom. The van der Waals surface area contributed by atoms with Crippen LogP contribution in [0.2, 0.25) is 0 Å². The molecule has 0 saturated carbocycles. The van der Waals surface area contributed by atoms with E-state index in [4.69, 9.17) is 5.11 Å². The molecule has 0 spiro atoms. The normalized spacial score (nSPS) is 10.4. The quantitative estimate of drug-likeness (QED) is 0.832. The van der Waals surface area contributed by atoms with Gasteiger partial charge in [0.15, 0.2) is 0 Å². The number of rotatable bonds is 5. The molecule has 0 fully saturated rings. The van der Waals surface area contributed by atoms with Crippen molar-refractivity contribution in [2.24, 2.45) is 0 Å². The topological polar surface area (TPSA) is 20.2 Å². The van der Waals surface area contributed by atoms with Gasteiger partial charge in [-0.25, -0.2) is 0 Å². The summed E-state index contributed by atoms with van der Waals surface area (Å²) in [5, 5.41) is 9.99. The Morgan fingerprint density at radius 2 is 1.53 bits per heavy atom. The number of aliphatic hydroxyl groups is 1. The van der Waals surface area contributed by atoms with Gasteiger partial charge < -0.3 is 0 Å². The Labute approximate surface area is 109 Å². The molecule has 0 bridgehead atoms. The molecule has 0 aliphatic carbocycles. The van der Waals surface area contributed by atoms with Crippen molar-refractivity contribution >= 4 is 19.4 Å². The van der Waals surface area contributed by atoms with Crippen molar-refractivity contribution in [3.05, 3.63) is 65.7 Å². The molecule has 2 heteroatoms. The van der Waals surface area contributed by atoms with E-state index in [9.17, 15) is 0 Å². The molecule has 0 amide bonds. The van der Waals surface area contributed by atoms with Crippen molar-refractivity contribution in [2.75, 3.05) is 6.61 Å². The van der Waals surface area contributed by atoms with E-state index in [-0.39, 0.29) is 6.61 Å². The molecule has 0 saturated heterocycles. The molecule has 0 radical (unpaired) electrons. The summed E-state index contributed by atoms with van der Waals surface area (Å²) in [6.07, 6.45) is 0.756. The van der Waals surface area contributed by atoms with E-state index in [0.29, 0.717) is 15.0 Å². The first-order valence-corrected chi connectivity index (χ1v) is 7.82. The third-order valence-corrected chi connectivity index (χ3v) is 4.84. The molecule has 2 rings (SSSR count). The van der Waals surface area contributed by atoms with Gasteiger partial charge in [0.25, 0.3) is 0 Å². The molecular weight excluding hydrogens is 275 g/mol. The summed E-state index contributed by atoms with van der Waals surface area (Å²) in [6.45, 7) is 0.231. The molecule has 1 nitrogen and oxygen atoms in total. The van der Waals surface area contributed by atoms with Gasteiger partial charge in [-0.2, -0.15) is 0 Å². The maximum absolute atomic E-state index is 8.84. The zero-order chi connectivity index (χ0) is 11.9. The second-order valence-electron chi connectivity index (χ2n) is 3.89. The fourth-order valence-electron chi connectivity index (χ4n) is 1.62. The van der Waals surface area contributed by atoms with E-state index in [2.05, 4.69) is 54.6 Å². The minimum atomic E-state index is 0.231. The molecule has 2 aromatic carbocycles. The standard InChI is InChI=1S/C15H16OSe/c16-11-10-13-6-8-15(9-7-13)17-12-14-4-2-1-3-5-14/h1-9,16H,10-12H2. The van der Waals surface area contributed by atoms with Gasteiger partial charge in [-0.3, -0.25) is 0 Å². The van der Waals surface area contributed by atoms with Crippen LogP contribution in [0.15, 0.2) is 54.6 Å². The third-order valence-electron chi connectivity index (χ3n) is 2.57. The van der Waals surface area contributed by atoms with Crippen molar-refractivity contribution in [3.8, 4) is 0 Å². The van der Waals surface area contributed by atoms with E-state index in [1.165, 1.54) is 15.6 Å². The molecule has 88 valence electrons. The molecule has 0 heterocycles. The average molecular weight is 291 g/mol. The van der Waals surface area contributed by atoms with Crippen molar-refractivity contribution in [2.45, 2.75) is 11.7 Å². The second kappa shape index (κ2) is 6.61. The van der Waals surface area contributed by atoms with Crippen LogP contribution in [0, 0.1) is 0 Å². The summed E-state index contributed by atoms with van der Waals surface area (Å²) in [6, 6.07) is 19.2. The van der Waals surface area contributed by atoms with Crippen LogP contribution in [0.4, 0.5) is 0 Å². The van der Waals surface area contributed by atoms with Crippen molar-refractivity contribution < 1.29 is 5.11 Å². The molecule has 0 aliphatic rings. The van der Waals surface area contributed by atoms with E-state index >= 15 is 0 Å². The fourth-order valence-corrected chi connectivity index (χ4v) is 3.41. The van der Waals surface area contributed by atoms with Gasteiger partial charge in [0.05, 0.1) is 0 Å². The van der Waals surface area contributed by atoms with Gasteiger partial charge in [0.2, 0.25) is 0 Å². The van der Waals surface area contributed by atoms with Gasteiger partial charge in [-0.05, 0) is 0 Å². The van der Waals surface area contributed by atoms with Crippen molar-refractivity contribution in [1.82, 2.24) is 0 Å². The Balaban J connectivity index is 1.91. The third kappa shape index (κ3) is 4.01. The van der Waals surface area contributed by atoms with Crippen LogP contribution in [0.3, 0.4) is 0 Å². The Bertz CT molecular complexity index is 436. The Hall–Kier alpha value is -1.08. The monoisotopic (exact) mass is 292 g/mol. The van der Waals surface area contributed by atoms with Crippen LogP contribution < -0.4 is 4.46 Å². The molecule has 17 heavy (non-hydrogen) atoms. The van der Waals surface area contributed by atoms with Crippen LogP contribution in [0.1, 0.15) is 11.1 Å². The van der Waals surface area contributed by atoms with E-state index in [1.54, 1.807) is 0 Å². The number of hydrogen-bond acceptors (Lipinski definition) is 1. The van der Waals surface area contributed by atoms with Gasteiger partial charge in [0, 0.05) is 0 Å². The van der Waals surface area contributed by atoms with Gasteiger partial charge in [0.1, 0.15) is 0 Å². The SMILES string of the molecule is OCCc1ccc([Se]Cc2ccccc2)cc1. The predicted molar refractivity (Wildman–Crippen MR) is 72.8 cm³/mol. The summed E-state index contributed by atoms with van der Waals surface area (Å²) in [5.74, 6) is 0. The van der Waals surface area contributed by atoms with Crippen molar-refractivity contribution in [1.29, 1.82) is 0 Å². The van der Waals surface area contributed by atoms with E-state index in [0.717, 1.165) is 11.7 Å². The minimum absolute atomic E-state index is 0.231. The first-order valence-electron chi connectivity index (χ1n) is 5.75. The van der Waals surface area contributed by atoms with Gasteiger partial charge in [-0.1, -0.05) is 0 Å². The Kier molecular flexibility index (Phi) is 4.81. The first-order chi connectivity index (χ1) is 8.38. The second-order valence-corrected chi connectivity index (χ2v) is 6.09. The first kappa shape index (κ1) is 12.4. The zero-order valence-electron chi connectivity index (χ0n) is 9.67. The summed E-state index contributed by atoms with van der Waals surface area (Å²) >= 11 is 0.499. The number of benzene rings is 2. The van der Waals surface area contributed by atoms with Crippen LogP contribution >= 0.6 is 0 Å². The number of hydrogen-bond donors (Lipinski definition) is 1. The fraction of sp³-hybridized carbons (Fsp3) is 0.200. The summed E-state index contributed by atoms with van der Waals surface area (Å²) in [5.41, 5.74) is 2.62. The van der Waals surface area contributed by atoms with E-state index < -0.39 is 0 Å². The molecule has 0 aromatic heterocycles. The van der Waals surface area contributed by atoms with Crippen LogP contribution in [-0.4, -0.2) is 26.7 Å². The van der Waals surface area contributed by atoms with Crippen LogP contribution in [0.5, 0.6) is 0 Å². The Morgan fingerprint density at radius 3 is 2.18 bits per heavy atom. The zero-order valence-corrected chi connectivity index (χ0v) is 11.4. The summed E-state index contributed by atoms with van der Waals surface area (Å²) < 4.78 is 1.42. The molecule has 0 unspecified atom stereocenters. The average Bonchev–Trinajstić information content (AvgIpc) is 2.40. The van der Waals surface area contributed by atoms with Crippen LogP contribution in [0.25, 0.3) is 0 Å². The molecular formula is C15H16OSe. The maximum atomic E-state index is 8.84. The number of aliphatic hydroxyl groups excluding tert-OH is 1. The molecule has 1 N–H and O–H groups in total. The van der Waals surface area contributed by atoms with Gasteiger partial charge in [-0.15, -0.1) is 0 Å². The molecule has 0 atom stereocenters. The predicted octanol–water partition coefficient (Wildman–Crippen LogP) is 1.75. The molecule has 2 aromatic rings. The van der Waals surface area contributed by atoms with E-state index in [1.807, 2.05) is 0 Å². The summed E-state index contributed by atoms with van der Waals surface area (Å²) in [4.78, 5) is 0. The molecule has 0 aliphatic heterocycles. The van der Waals surface area contributed by atoms with Crippen LogP contribution in [-0.2, 0) is 11.7 Å². The summed E-state index contributed by atoms with van der Waals surface area (Å²) in [7, 11) is 0. The van der Waals surface area contributed by atoms with Crippen molar-refractivity contribution in [3.63, 3.8) is 0 Å².